The molecule has 0 aliphatic carbocycles. The molecular formula is C17H15N3. The molecule has 3 aromatic heterocycles. The average molecular weight is 261 g/mol. The van der Waals surface area contributed by atoms with Gasteiger partial charge >= 0.3 is 0 Å². The monoisotopic (exact) mass is 261 g/mol. The first-order chi connectivity index (χ1) is 9.72. The third-order valence-corrected chi connectivity index (χ3v) is 3.22. The normalized spacial score (nSPS) is 10.5. The van der Waals surface area contributed by atoms with Crippen LogP contribution in [-0.4, -0.2) is 15.0 Å². The topological polar surface area (TPSA) is 38.7 Å². The van der Waals surface area contributed by atoms with Gasteiger partial charge in [0.25, 0.3) is 0 Å². The number of pyridine rings is 3. The molecule has 0 saturated heterocycles. The first kappa shape index (κ1) is 12.5. The highest BCUT2D eigenvalue weighted by Gasteiger charge is 2.02. The zero-order valence-electron chi connectivity index (χ0n) is 11.5. The van der Waals surface area contributed by atoms with Gasteiger partial charge in [0.1, 0.15) is 0 Å². The first-order valence-corrected chi connectivity index (χ1v) is 6.54. The van der Waals surface area contributed by atoms with Gasteiger partial charge in [-0.15, -0.1) is 0 Å². The van der Waals surface area contributed by atoms with Crippen LogP contribution in [0.1, 0.15) is 11.4 Å². The van der Waals surface area contributed by atoms with Crippen LogP contribution in [0.4, 0.5) is 0 Å². The fraction of sp³-hybridized carbons (Fsp3) is 0.118. The summed E-state index contributed by atoms with van der Waals surface area (Å²) in [5, 5.41) is 0. The molecule has 98 valence electrons. The average Bonchev–Trinajstić information content (AvgIpc) is 2.49. The van der Waals surface area contributed by atoms with Gasteiger partial charge in [-0.05, 0) is 38.1 Å². The maximum absolute atomic E-state index is 4.51. The van der Waals surface area contributed by atoms with Crippen LogP contribution in [0, 0.1) is 13.8 Å². The Morgan fingerprint density at radius 2 is 1.05 bits per heavy atom. The van der Waals surface area contributed by atoms with Crippen LogP contribution in [0.5, 0.6) is 0 Å². The Hall–Kier alpha value is -2.55. The van der Waals surface area contributed by atoms with Gasteiger partial charge in [0.2, 0.25) is 0 Å². The Bertz CT molecular complexity index is 634. The molecule has 0 amide bonds. The number of rotatable bonds is 2. The van der Waals surface area contributed by atoms with Crippen LogP contribution >= 0.6 is 0 Å². The molecule has 3 nitrogen and oxygen atoms in total. The van der Waals surface area contributed by atoms with Crippen LogP contribution < -0.4 is 0 Å². The van der Waals surface area contributed by atoms with E-state index in [0.29, 0.717) is 0 Å². The minimum atomic E-state index is 0.932. The Morgan fingerprint density at radius 3 is 1.50 bits per heavy atom. The number of aromatic nitrogens is 3. The van der Waals surface area contributed by atoms with Crippen molar-refractivity contribution >= 4 is 0 Å². The summed E-state index contributed by atoms with van der Waals surface area (Å²) in [5.74, 6) is 0. The Balaban J connectivity index is 1.91. The van der Waals surface area contributed by atoms with E-state index in [1.807, 2.05) is 56.7 Å². The molecule has 0 aliphatic rings. The second-order valence-electron chi connectivity index (χ2n) is 4.81. The van der Waals surface area contributed by atoms with Crippen molar-refractivity contribution in [1.82, 2.24) is 15.0 Å². The minimum Gasteiger partial charge on any atom is -0.261 e. The Morgan fingerprint density at radius 1 is 0.550 bits per heavy atom. The summed E-state index contributed by atoms with van der Waals surface area (Å²) >= 11 is 0. The molecule has 0 saturated carbocycles. The zero-order chi connectivity index (χ0) is 13.9. The van der Waals surface area contributed by atoms with Crippen LogP contribution in [-0.2, 0) is 0 Å². The maximum Gasteiger partial charge on any atom is 0.0717 e. The lowest BCUT2D eigenvalue weighted by Gasteiger charge is -2.04. The Labute approximate surface area is 118 Å². The smallest absolute Gasteiger partial charge is 0.0717 e. The molecular weight excluding hydrogens is 246 g/mol. The molecule has 3 heteroatoms. The molecule has 0 atom stereocenters. The fourth-order valence-corrected chi connectivity index (χ4v) is 1.99. The summed E-state index contributed by atoms with van der Waals surface area (Å²) in [4.78, 5) is 13.1. The van der Waals surface area contributed by atoms with E-state index >= 15 is 0 Å². The lowest BCUT2D eigenvalue weighted by Crippen LogP contribution is -1.88. The quantitative estimate of drug-likeness (QED) is 0.704. The van der Waals surface area contributed by atoms with Crippen LogP contribution in [0.25, 0.3) is 22.4 Å². The van der Waals surface area contributed by atoms with E-state index in [-0.39, 0.29) is 0 Å². The third-order valence-electron chi connectivity index (χ3n) is 3.22. The predicted octanol–water partition coefficient (Wildman–Crippen LogP) is 3.82. The van der Waals surface area contributed by atoms with Crippen LogP contribution in [0.3, 0.4) is 0 Å². The number of nitrogens with zero attached hydrogens (tertiary/aromatic N) is 3. The van der Waals surface area contributed by atoms with E-state index in [1.165, 1.54) is 0 Å². The van der Waals surface area contributed by atoms with Gasteiger partial charge in [-0.3, -0.25) is 15.0 Å². The van der Waals surface area contributed by atoms with E-state index in [2.05, 4.69) is 27.1 Å². The number of aryl methyl sites for hydroxylation is 2. The molecule has 0 N–H and O–H groups in total. The van der Waals surface area contributed by atoms with Gasteiger partial charge in [0, 0.05) is 46.7 Å². The summed E-state index contributed by atoms with van der Waals surface area (Å²) in [6.07, 6.45) is 5.60. The van der Waals surface area contributed by atoms with Gasteiger partial charge in [-0.2, -0.15) is 0 Å². The summed E-state index contributed by atoms with van der Waals surface area (Å²) in [7, 11) is 0. The van der Waals surface area contributed by atoms with E-state index in [1.54, 1.807) is 0 Å². The molecule has 3 rings (SSSR count). The van der Waals surface area contributed by atoms with Crippen LogP contribution in [0.15, 0.2) is 55.0 Å². The maximum atomic E-state index is 4.51. The minimum absolute atomic E-state index is 0.932. The molecule has 0 bridgehead atoms. The van der Waals surface area contributed by atoms with Crippen molar-refractivity contribution in [3.8, 4) is 22.4 Å². The van der Waals surface area contributed by atoms with E-state index in [4.69, 9.17) is 0 Å². The van der Waals surface area contributed by atoms with Gasteiger partial charge < -0.3 is 0 Å². The van der Waals surface area contributed by atoms with Crippen molar-refractivity contribution in [1.29, 1.82) is 0 Å². The molecule has 0 aliphatic heterocycles. The molecule has 0 unspecified atom stereocenters. The predicted molar refractivity (Wildman–Crippen MR) is 80.2 cm³/mol. The summed E-state index contributed by atoms with van der Waals surface area (Å²) in [5.41, 5.74) is 6.14. The van der Waals surface area contributed by atoms with Crippen molar-refractivity contribution in [3.05, 3.63) is 66.4 Å². The van der Waals surface area contributed by atoms with Crippen molar-refractivity contribution in [2.24, 2.45) is 0 Å². The molecule has 0 aromatic carbocycles. The van der Waals surface area contributed by atoms with Gasteiger partial charge in [-0.1, -0.05) is 12.1 Å². The molecule has 0 fully saturated rings. The molecule has 0 radical (unpaired) electrons. The molecule has 0 spiro atoms. The van der Waals surface area contributed by atoms with E-state index in [0.717, 1.165) is 33.8 Å². The molecule has 3 heterocycles. The van der Waals surface area contributed by atoms with Crippen molar-refractivity contribution in [2.75, 3.05) is 0 Å². The molecule has 20 heavy (non-hydrogen) atoms. The second-order valence-corrected chi connectivity index (χ2v) is 4.81. The highest BCUT2D eigenvalue weighted by molar-refractivity contribution is 5.65. The van der Waals surface area contributed by atoms with Gasteiger partial charge in [0.15, 0.2) is 0 Å². The molecule has 3 aromatic rings. The van der Waals surface area contributed by atoms with E-state index < -0.39 is 0 Å². The largest absolute Gasteiger partial charge is 0.261 e. The third kappa shape index (κ3) is 2.57. The SMILES string of the molecule is Cc1ccc(-c2ccc(-c3ccc(C)nc3)nc2)cn1. The number of hydrogen-bond acceptors (Lipinski definition) is 3. The highest BCUT2D eigenvalue weighted by atomic mass is 14.7. The van der Waals surface area contributed by atoms with Gasteiger partial charge in [0.05, 0.1) is 5.69 Å². The fourth-order valence-electron chi connectivity index (χ4n) is 1.99. The highest BCUT2D eigenvalue weighted by Crippen LogP contribution is 2.21. The lowest BCUT2D eigenvalue weighted by molar-refractivity contribution is 1.19. The van der Waals surface area contributed by atoms with Crippen molar-refractivity contribution in [3.63, 3.8) is 0 Å². The second kappa shape index (κ2) is 5.21. The Kier molecular flexibility index (Phi) is 3.25. The van der Waals surface area contributed by atoms with E-state index in [9.17, 15) is 0 Å². The van der Waals surface area contributed by atoms with Crippen LogP contribution in [0.2, 0.25) is 0 Å². The van der Waals surface area contributed by atoms with Gasteiger partial charge in [-0.25, -0.2) is 0 Å². The summed E-state index contributed by atoms with van der Waals surface area (Å²) < 4.78 is 0. The summed E-state index contributed by atoms with van der Waals surface area (Å²) in [6, 6.07) is 12.2. The zero-order valence-corrected chi connectivity index (χ0v) is 11.5. The first-order valence-electron chi connectivity index (χ1n) is 6.54. The standard InChI is InChI=1S/C17H15N3/c1-12-3-5-14(9-18-12)15-7-8-17(20-10-15)16-6-4-13(2)19-11-16/h3-11H,1-2H3. The lowest BCUT2D eigenvalue weighted by atomic mass is 10.1. The van der Waals surface area contributed by atoms with Crippen molar-refractivity contribution < 1.29 is 0 Å². The number of hydrogen-bond donors (Lipinski definition) is 0. The summed E-state index contributed by atoms with van der Waals surface area (Å²) in [6.45, 7) is 3.96. The van der Waals surface area contributed by atoms with Crippen molar-refractivity contribution in [2.45, 2.75) is 13.8 Å².